The highest BCUT2D eigenvalue weighted by Gasteiger charge is 2.30. The second kappa shape index (κ2) is 11.2. The number of nitrogens with one attached hydrogen (secondary N) is 3. The number of hydrogen-bond acceptors (Lipinski definition) is 6. The van der Waals surface area contributed by atoms with Crippen molar-refractivity contribution in [1.29, 1.82) is 0 Å². The summed E-state index contributed by atoms with van der Waals surface area (Å²) in [6.07, 6.45) is -2.04. The summed E-state index contributed by atoms with van der Waals surface area (Å²) in [6.45, 7) is 4.39. The molecule has 0 bridgehead atoms. The second-order valence-electron chi connectivity index (χ2n) is 8.97. The van der Waals surface area contributed by atoms with Gasteiger partial charge in [-0.15, -0.1) is 10.2 Å². The number of nitrogens with zero attached hydrogens (tertiary/aromatic N) is 4. The number of anilines is 1. The first kappa shape index (κ1) is 25.8. The maximum absolute atomic E-state index is 12.9. The summed E-state index contributed by atoms with van der Waals surface area (Å²) in [4.78, 5) is 16.7. The second-order valence-corrected chi connectivity index (χ2v) is 8.97. The zero-order valence-corrected chi connectivity index (χ0v) is 20.3. The van der Waals surface area contributed by atoms with E-state index in [1.807, 2.05) is 24.3 Å². The lowest BCUT2D eigenvalue weighted by molar-refractivity contribution is -0.137. The number of amides is 1. The van der Waals surface area contributed by atoms with E-state index in [1.165, 1.54) is 18.3 Å². The topological polar surface area (TPSA) is 108 Å². The maximum Gasteiger partial charge on any atom is 0.416 e. The Labute approximate surface area is 211 Å². The van der Waals surface area contributed by atoms with Gasteiger partial charge in [-0.3, -0.25) is 4.79 Å². The van der Waals surface area contributed by atoms with E-state index in [9.17, 15) is 18.0 Å². The maximum atomic E-state index is 12.9. The largest absolute Gasteiger partial charge is 0.416 e. The Hall–Kier alpha value is -4.28. The highest BCUT2D eigenvalue weighted by Crippen LogP contribution is 2.32. The molecule has 1 amide bonds. The first-order chi connectivity index (χ1) is 17.7. The Balaban J connectivity index is 1.43. The number of aromatic nitrogens is 5. The molecule has 0 aliphatic heterocycles. The van der Waals surface area contributed by atoms with Crippen LogP contribution in [0.4, 0.5) is 19.0 Å². The lowest BCUT2D eigenvalue weighted by Crippen LogP contribution is -2.23. The number of rotatable bonds is 9. The third kappa shape index (κ3) is 6.90. The Bertz CT molecular complexity index is 1290. The van der Waals surface area contributed by atoms with Gasteiger partial charge in [0.2, 0.25) is 0 Å². The number of carbonyl (C=O) groups is 1. The van der Waals surface area contributed by atoms with Crippen LogP contribution < -0.4 is 10.6 Å². The number of hydrogen-bond donors (Lipinski definition) is 3. The van der Waals surface area contributed by atoms with Gasteiger partial charge in [0, 0.05) is 6.20 Å². The molecule has 4 aromatic rings. The van der Waals surface area contributed by atoms with E-state index in [1.54, 1.807) is 12.1 Å². The molecule has 0 saturated carbocycles. The van der Waals surface area contributed by atoms with Crippen LogP contribution in [0.25, 0.3) is 11.1 Å². The molecule has 2 aromatic carbocycles. The highest BCUT2D eigenvalue weighted by molar-refractivity contribution is 5.93. The average molecular weight is 510 g/mol. The lowest BCUT2D eigenvalue weighted by Gasteiger charge is -2.22. The number of alkyl halides is 3. The van der Waals surface area contributed by atoms with Gasteiger partial charge in [-0.25, -0.2) is 4.98 Å². The summed E-state index contributed by atoms with van der Waals surface area (Å²) in [7, 11) is 0. The van der Waals surface area contributed by atoms with E-state index in [2.05, 4.69) is 50.1 Å². The van der Waals surface area contributed by atoms with Crippen LogP contribution in [-0.4, -0.2) is 31.5 Å². The molecule has 3 N–H and O–H groups in total. The van der Waals surface area contributed by atoms with Crippen LogP contribution in [0.3, 0.4) is 0 Å². The van der Waals surface area contributed by atoms with Crippen molar-refractivity contribution in [2.24, 2.45) is 5.92 Å². The normalized spacial score (nSPS) is 12.4. The van der Waals surface area contributed by atoms with Crippen molar-refractivity contribution in [3.8, 4) is 11.1 Å². The molecule has 0 aliphatic rings. The molecule has 0 radical (unpaired) electrons. The van der Waals surface area contributed by atoms with Crippen LogP contribution in [0.1, 0.15) is 53.6 Å². The fourth-order valence-electron chi connectivity index (χ4n) is 3.82. The van der Waals surface area contributed by atoms with Gasteiger partial charge in [0.05, 0.1) is 23.7 Å². The van der Waals surface area contributed by atoms with E-state index in [0.717, 1.165) is 29.7 Å². The SMILES string of the molecule is CC(C)CC(Nc1ccc(C(=O)NCc2nn[nH]n2)cn1)c1ccc(-c2ccc(C(F)(F)F)cc2)cc1. The number of pyridine rings is 1. The number of H-pyrrole nitrogens is 1. The minimum atomic E-state index is -4.36. The average Bonchev–Trinajstić information content (AvgIpc) is 3.41. The van der Waals surface area contributed by atoms with Crippen LogP contribution in [0.15, 0.2) is 66.9 Å². The zero-order valence-electron chi connectivity index (χ0n) is 20.3. The van der Waals surface area contributed by atoms with Crippen molar-refractivity contribution in [3.63, 3.8) is 0 Å². The van der Waals surface area contributed by atoms with Gasteiger partial charge in [-0.1, -0.05) is 55.5 Å². The van der Waals surface area contributed by atoms with Crippen molar-refractivity contribution in [3.05, 3.63) is 89.4 Å². The van der Waals surface area contributed by atoms with E-state index in [-0.39, 0.29) is 18.5 Å². The Kier molecular flexibility index (Phi) is 7.80. The number of halogens is 3. The summed E-state index contributed by atoms with van der Waals surface area (Å²) in [5, 5.41) is 19.5. The molecule has 0 saturated heterocycles. The molecule has 0 fully saturated rings. The lowest BCUT2D eigenvalue weighted by atomic mass is 9.94. The van der Waals surface area contributed by atoms with Crippen molar-refractivity contribution in [1.82, 2.24) is 30.9 Å². The first-order valence-electron chi connectivity index (χ1n) is 11.7. The quantitative estimate of drug-likeness (QED) is 0.278. The van der Waals surface area contributed by atoms with Gasteiger partial charge in [0.25, 0.3) is 5.91 Å². The molecule has 1 unspecified atom stereocenters. The van der Waals surface area contributed by atoms with Crippen LogP contribution >= 0.6 is 0 Å². The Morgan fingerprint density at radius 2 is 1.65 bits per heavy atom. The fourth-order valence-corrected chi connectivity index (χ4v) is 3.82. The molecule has 2 aromatic heterocycles. The summed E-state index contributed by atoms with van der Waals surface area (Å²) >= 11 is 0. The zero-order chi connectivity index (χ0) is 26.4. The molecule has 1 atom stereocenters. The van der Waals surface area contributed by atoms with E-state index in [4.69, 9.17) is 0 Å². The van der Waals surface area contributed by atoms with Gasteiger partial charge in [0.1, 0.15) is 5.82 Å². The highest BCUT2D eigenvalue weighted by atomic mass is 19.4. The van der Waals surface area contributed by atoms with Gasteiger partial charge < -0.3 is 10.6 Å². The summed E-state index contributed by atoms with van der Waals surface area (Å²) in [5.41, 5.74) is 2.29. The minimum Gasteiger partial charge on any atom is -0.363 e. The number of benzene rings is 2. The predicted octanol–water partition coefficient (Wildman–Crippen LogP) is 5.41. The van der Waals surface area contributed by atoms with Gasteiger partial charge in [-0.05, 0) is 53.3 Å². The molecule has 2 heterocycles. The molecule has 192 valence electrons. The molecule has 0 aliphatic carbocycles. The predicted molar refractivity (Wildman–Crippen MR) is 132 cm³/mol. The molecular formula is C26H26F3N7O. The van der Waals surface area contributed by atoms with Gasteiger partial charge >= 0.3 is 6.18 Å². The molecular weight excluding hydrogens is 483 g/mol. The van der Waals surface area contributed by atoms with Crippen molar-refractivity contribution in [2.75, 3.05) is 5.32 Å². The summed E-state index contributed by atoms with van der Waals surface area (Å²) in [5.74, 6) is 1.08. The van der Waals surface area contributed by atoms with E-state index in [0.29, 0.717) is 28.7 Å². The molecule has 11 heteroatoms. The smallest absolute Gasteiger partial charge is 0.363 e. The third-order valence-electron chi connectivity index (χ3n) is 5.71. The van der Waals surface area contributed by atoms with Crippen LogP contribution in [0, 0.1) is 5.92 Å². The monoisotopic (exact) mass is 509 g/mol. The summed E-state index contributed by atoms with van der Waals surface area (Å²) < 4.78 is 38.6. The molecule has 4 rings (SSSR count). The number of tetrazole rings is 1. The Morgan fingerprint density at radius 1 is 0.973 bits per heavy atom. The summed E-state index contributed by atoms with van der Waals surface area (Å²) in [6, 6.07) is 16.2. The van der Waals surface area contributed by atoms with Crippen LogP contribution in [0.2, 0.25) is 0 Å². The molecule has 37 heavy (non-hydrogen) atoms. The van der Waals surface area contributed by atoms with Crippen LogP contribution in [-0.2, 0) is 12.7 Å². The third-order valence-corrected chi connectivity index (χ3v) is 5.71. The Morgan fingerprint density at radius 3 is 2.19 bits per heavy atom. The van der Waals surface area contributed by atoms with Crippen molar-refractivity contribution in [2.45, 2.75) is 39.0 Å². The minimum absolute atomic E-state index is 0.0490. The van der Waals surface area contributed by atoms with Gasteiger partial charge in [-0.2, -0.15) is 18.4 Å². The number of aromatic amines is 1. The molecule has 0 spiro atoms. The first-order valence-corrected chi connectivity index (χ1v) is 11.7. The standard InChI is InChI=1S/C26H26F3N7O/c1-16(2)13-22(19-5-3-17(4-6-19)18-7-10-21(11-8-18)26(27,28)29)32-23-12-9-20(14-30-23)25(37)31-15-24-33-35-36-34-24/h3-12,14,16,22H,13,15H2,1-2H3,(H,30,32)(H,31,37)(H,33,34,35,36). The van der Waals surface area contributed by atoms with E-state index < -0.39 is 11.7 Å². The van der Waals surface area contributed by atoms with E-state index >= 15 is 0 Å². The number of carbonyl (C=O) groups excluding carboxylic acids is 1. The van der Waals surface area contributed by atoms with Gasteiger partial charge in [0.15, 0.2) is 5.82 Å². The molecule has 8 nitrogen and oxygen atoms in total. The van der Waals surface area contributed by atoms with Crippen molar-refractivity contribution < 1.29 is 18.0 Å². The van der Waals surface area contributed by atoms with Crippen LogP contribution in [0.5, 0.6) is 0 Å². The van der Waals surface area contributed by atoms with Crippen molar-refractivity contribution >= 4 is 11.7 Å². The fraction of sp³-hybridized carbons (Fsp3) is 0.269.